The van der Waals surface area contributed by atoms with Gasteiger partial charge in [-0.2, -0.15) is 0 Å². The molecule has 0 N–H and O–H groups in total. The van der Waals surface area contributed by atoms with Crippen molar-refractivity contribution in [2.45, 2.75) is 34.8 Å². The molecule has 0 radical (unpaired) electrons. The summed E-state index contributed by atoms with van der Waals surface area (Å²) in [5, 5.41) is 10.7. The molecular formula is C12H15NO3S2. The molecular weight excluding hydrogens is 270 g/mol. The van der Waals surface area contributed by atoms with Crippen LogP contribution in [0.25, 0.3) is 0 Å². The van der Waals surface area contributed by atoms with Crippen LogP contribution in [0.2, 0.25) is 0 Å². The topological polar surface area (TPSA) is 52.4 Å². The molecule has 4 nitrogen and oxygen atoms in total. The first-order valence-corrected chi connectivity index (χ1v) is 7.55. The molecule has 1 heterocycles. The van der Waals surface area contributed by atoms with Gasteiger partial charge >= 0.3 is 0 Å². The van der Waals surface area contributed by atoms with Gasteiger partial charge < -0.3 is 4.74 Å². The summed E-state index contributed by atoms with van der Waals surface area (Å²) in [4.78, 5) is 12.3. The maximum Gasteiger partial charge on any atom is 0.270 e. The number of thioether (sulfide) groups is 2. The molecule has 1 aromatic carbocycles. The Labute approximate surface area is 115 Å². The van der Waals surface area contributed by atoms with Gasteiger partial charge in [0.25, 0.3) is 5.69 Å². The largest absolute Gasteiger partial charge is 0.357 e. The fourth-order valence-corrected chi connectivity index (χ4v) is 4.04. The van der Waals surface area contributed by atoms with Gasteiger partial charge in [0.15, 0.2) is 4.77 Å². The molecule has 1 aromatic rings. The van der Waals surface area contributed by atoms with Gasteiger partial charge in [0.1, 0.15) is 0 Å². The van der Waals surface area contributed by atoms with E-state index in [-0.39, 0.29) is 15.4 Å². The maximum absolute atomic E-state index is 10.7. The lowest BCUT2D eigenvalue weighted by Crippen LogP contribution is -2.04. The summed E-state index contributed by atoms with van der Waals surface area (Å²) in [6.07, 6.45) is 1.04. The fourth-order valence-electron chi connectivity index (χ4n) is 1.50. The summed E-state index contributed by atoms with van der Waals surface area (Å²) >= 11 is 3.18. The van der Waals surface area contributed by atoms with Gasteiger partial charge in [-0.05, 0) is 18.4 Å². The van der Waals surface area contributed by atoms with Crippen LogP contribution >= 0.6 is 23.5 Å². The second-order valence-corrected chi connectivity index (χ2v) is 6.97. The number of hydrogen-bond donors (Lipinski definition) is 0. The molecule has 1 aliphatic rings. The van der Waals surface area contributed by atoms with Crippen molar-refractivity contribution in [1.29, 1.82) is 0 Å². The first kappa shape index (κ1) is 13.7. The van der Waals surface area contributed by atoms with Crippen molar-refractivity contribution >= 4 is 29.2 Å². The number of non-ortho nitro benzene ring substituents is 1. The molecule has 0 saturated carbocycles. The van der Waals surface area contributed by atoms with Gasteiger partial charge in [0.2, 0.25) is 0 Å². The predicted octanol–water partition coefficient (Wildman–Crippen LogP) is 4.14. The highest BCUT2D eigenvalue weighted by Gasteiger charge is 2.25. The van der Waals surface area contributed by atoms with Crippen LogP contribution < -0.4 is 0 Å². The molecule has 0 bridgehead atoms. The maximum atomic E-state index is 10.7. The summed E-state index contributed by atoms with van der Waals surface area (Å²) in [5.74, 6) is 0.630. The van der Waals surface area contributed by atoms with E-state index in [0.29, 0.717) is 5.92 Å². The Morgan fingerprint density at radius 2 is 2.11 bits per heavy atom. The second-order valence-electron chi connectivity index (χ2n) is 4.47. The molecule has 0 aromatic heterocycles. The van der Waals surface area contributed by atoms with Crippen LogP contribution in [0.3, 0.4) is 0 Å². The molecule has 0 aliphatic carbocycles. The smallest absolute Gasteiger partial charge is 0.270 e. The van der Waals surface area contributed by atoms with Gasteiger partial charge in [-0.1, -0.05) is 37.4 Å². The molecule has 1 aliphatic heterocycles. The van der Waals surface area contributed by atoms with E-state index >= 15 is 0 Å². The van der Waals surface area contributed by atoms with E-state index in [4.69, 9.17) is 4.74 Å². The van der Waals surface area contributed by atoms with E-state index in [0.717, 1.165) is 22.8 Å². The average molecular weight is 285 g/mol. The Balaban J connectivity index is 1.93. The zero-order valence-electron chi connectivity index (χ0n) is 10.3. The number of nitro benzene ring substituents is 1. The number of nitrogens with zero attached hydrogens (tertiary/aromatic N) is 1. The minimum Gasteiger partial charge on any atom is -0.357 e. The summed E-state index contributed by atoms with van der Waals surface area (Å²) in [7, 11) is 0. The predicted molar refractivity (Wildman–Crippen MR) is 74.0 cm³/mol. The van der Waals surface area contributed by atoms with Crippen LogP contribution in [-0.4, -0.2) is 16.3 Å². The lowest BCUT2D eigenvalue weighted by atomic mass is 10.1. The number of benzene rings is 1. The Bertz CT molecular complexity index is 451. The third-order valence-electron chi connectivity index (χ3n) is 2.53. The SMILES string of the molecule is CC(C)CCOC1Sc2ccc([N+](=O)[O-])cc2S1. The number of nitro groups is 1. The molecule has 2 rings (SSSR count). The Morgan fingerprint density at radius 3 is 2.78 bits per heavy atom. The van der Waals surface area contributed by atoms with Crippen LogP contribution in [0, 0.1) is 16.0 Å². The van der Waals surface area contributed by atoms with E-state index < -0.39 is 0 Å². The lowest BCUT2D eigenvalue weighted by Gasteiger charge is -2.10. The van der Waals surface area contributed by atoms with Gasteiger partial charge in [-0.15, -0.1) is 0 Å². The highest BCUT2D eigenvalue weighted by atomic mass is 32.2. The minimum atomic E-state index is -0.363. The van der Waals surface area contributed by atoms with Crippen LogP contribution in [0.15, 0.2) is 28.0 Å². The minimum absolute atomic E-state index is 0.0285. The zero-order valence-corrected chi connectivity index (χ0v) is 11.9. The normalized spacial score (nSPS) is 18.1. The van der Waals surface area contributed by atoms with Gasteiger partial charge in [-0.3, -0.25) is 10.1 Å². The van der Waals surface area contributed by atoms with E-state index in [1.807, 2.05) is 0 Å². The number of ether oxygens (including phenoxy) is 1. The van der Waals surface area contributed by atoms with Gasteiger partial charge in [-0.25, -0.2) is 0 Å². The quantitative estimate of drug-likeness (QED) is 0.601. The molecule has 0 amide bonds. The first-order valence-electron chi connectivity index (χ1n) is 5.79. The Kier molecular flexibility index (Phi) is 4.53. The van der Waals surface area contributed by atoms with E-state index in [2.05, 4.69) is 13.8 Å². The third kappa shape index (κ3) is 3.40. The van der Waals surface area contributed by atoms with Crippen LogP contribution in [0.1, 0.15) is 20.3 Å². The summed E-state index contributed by atoms with van der Waals surface area (Å²) < 4.78 is 5.78. The zero-order chi connectivity index (χ0) is 13.1. The summed E-state index contributed by atoms with van der Waals surface area (Å²) in [6, 6.07) is 4.97. The summed E-state index contributed by atoms with van der Waals surface area (Å²) in [5.41, 5.74) is 0.143. The van der Waals surface area contributed by atoms with Crippen molar-refractivity contribution in [3.05, 3.63) is 28.3 Å². The lowest BCUT2D eigenvalue weighted by molar-refractivity contribution is -0.385. The van der Waals surface area contributed by atoms with Crippen molar-refractivity contribution < 1.29 is 9.66 Å². The molecule has 6 heteroatoms. The van der Waals surface area contributed by atoms with Crippen LogP contribution in [0.4, 0.5) is 5.69 Å². The van der Waals surface area contributed by atoms with E-state index in [9.17, 15) is 10.1 Å². The van der Waals surface area contributed by atoms with Crippen LogP contribution in [-0.2, 0) is 4.74 Å². The standard InChI is InChI=1S/C12H15NO3S2/c1-8(2)5-6-16-12-17-10-4-3-9(13(14)15)7-11(10)18-12/h3-4,7-8,12H,5-6H2,1-2H3. The summed E-state index contributed by atoms with van der Waals surface area (Å²) in [6.45, 7) is 5.06. The Hall–Kier alpha value is -0.720. The third-order valence-corrected chi connectivity index (χ3v) is 5.10. The van der Waals surface area contributed by atoms with Crippen molar-refractivity contribution in [3.63, 3.8) is 0 Å². The fraction of sp³-hybridized carbons (Fsp3) is 0.500. The van der Waals surface area contributed by atoms with Crippen molar-refractivity contribution in [2.24, 2.45) is 5.92 Å². The second kappa shape index (κ2) is 5.95. The molecule has 1 atom stereocenters. The molecule has 0 spiro atoms. The van der Waals surface area contributed by atoms with Gasteiger partial charge in [0, 0.05) is 28.5 Å². The van der Waals surface area contributed by atoms with E-state index in [1.54, 1.807) is 41.7 Å². The number of rotatable bonds is 5. The molecule has 18 heavy (non-hydrogen) atoms. The number of hydrogen-bond acceptors (Lipinski definition) is 5. The van der Waals surface area contributed by atoms with E-state index in [1.165, 1.54) is 0 Å². The van der Waals surface area contributed by atoms with Crippen molar-refractivity contribution in [1.82, 2.24) is 0 Å². The van der Waals surface area contributed by atoms with Gasteiger partial charge in [0.05, 0.1) is 4.92 Å². The number of fused-ring (bicyclic) bond motifs is 1. The van der Waals surface area contributed by atoms with Crippen molar-refractivity contribution in [2.75, 3.05) is 6.61 Å². The molecule has 98 valence electrons. The Morgan fingerprint density at radius 1 is 1.39 bits per heavy atom. The molecule has 0 saturated heterocycles. The molecule has 1 unspecified atom stereocenters. The highest BCUT2D eigenvalue weighted by molar-refractivity contribution is 8.19. The highest BCUT2D eigenvalue weighted by Crippen LogP contribution is 2.49. The molecule has 0 fully saturated rings. The first-order chi connectivity index (χ1) is 8.56. The van der Waals surface area contributed by atoms with Crippen LogP contribution in [0.5, 0.6) is 0 Å². The average Bonchev–Trinajstić information content (AvgIpc) is 2.69. The monoisotopic (exact) mass is 285 g/mol. The van der Waals surface area contributed by atoms with Crippen molar-refractivity contribution in [3.8, 4) is 0 Å².